The lowest BCUT2D eigenvalue weighted by atomic mass is 10.2. The lowest BCUT2D eigenvalue weighted by Gasteiger charge is -2.17. The Morgan fingerprint density at radius 1 is 1.32 bits per heavy atom. The highest BCUT2D eigenvalue weighted by molar-refractivity contribution is 6.82. The third kappa shape index (κ3) is 6.93. The summed E-state index contributed by atoms with van der Waals surface area (Å²) in [5.41, 5.74) is 3.53. The molecule has 0 saturated carbocycles. The van der Waals surface area contributed by atoms with Crippen molar-refractivity contribution in [2.45, 2.75) is 25.6 Å². The number of hydrogen-bond donors (Lipinski definition) is 1. The summed E-state index contributed by atoms with van der Waals surface area (Å²) in [6, 6.07) is 11.3. The summed E-state index contributed by atoms with van der Waals surface area (Å²) < 4.78 is 4.86. The Bertz CT molecular complexity index is 413. The van der Waals surface area contributed by atoms with Gasteiger partial charge in [0.15, 0.2) is 0 Å². The van der Waals surface area contributed by atoms with Crippen LogP contribution in [0.4, 0.5) is 0 Å². The number of esters is 1. The first-order chi connectivity index (χ1) is 9.03. The van der Waals surface area contributed by atoms with Crippen LogP contribution in [0.3, 0.4) is 0 Å². The topological polar surface area (TPSA) is 46.5 Å². The molecule has 1 N–H and O–H groups in total. The van der Waals surface area contributed by atoms with Crippen molar-refractivity contribution in [3.05, 3.63) is 41.6 Å². The Morgan fingerprint density at radius 3 is 2.63 bits per heavy atom. The van der Waals surface area contributed by atoms with Gasteiger partial charge >= 0.3 is 5.97 Å². The zero-order valence-electron chi connectivity index (χ0n) is 11.6. The average molecular weight is 278 g/mol. The van der Waals surface area contributed by atoms with Crippen LogP contribution in [-0.2, 0) is 9.53 Å². The molecule has 0 spiro atoms. The molecule has 0 aliphatic rings. The summed E-state index contributed by atoms with van der Waals surface area (Å²) in [6.07, 6.45) is 3.02. The van der Waals surface area contributed by atoms with Gasteiger partial charge in [0.2, 0.25) is 0 Å². The second-order valence-corrected chi connectivity index (χ2v) is 10.0. The van der Waals surface area contributed by atoms with E-state index in [2.05, 4.69) is 37.0 Å². The maximum atomic E-state index is 10.8. The number of carbonyl (C=O) groups excluding carboxylic acids is 1. The van der Waals surface area contributed by atoms with E-state index in [1.54, 1.807) is 0 Å². The zero-order valence-corrected chi connectivity index (χ0v) is 12.6. The molecule has 0 atom stereocenters. The van der Waals surface area contributed by atoms with Gasteiger partial charge in [-0.2, -0.15) is 0 Å². The van der Waals surface area contributed by atoms with Crippen LogP contribution in [0.25, 0.3) is 6.08 Å². The van der Waals surface area contributed by atoms with Crippen LogP contribution in [0, 0.1) is 0 Å². The molecule has 0 radical (unpaired) electrons. The minimum absolute atomic E-state index is 0.398. The van der Waals surface area contributed by atoms with Gasteiger partial charge in [0.1, 0.15) is 6.61 Å². The van der Waals surface area contributed by atoms with Crippen LogP contribution in [0.5, 0.6) is 0 Å². The largest absolute Gasteiger partial charge is 0.464 e. The van der Waals surface area contributed by atoms with Crippen LogP contribution < -0.4 is 0 Å². The summed E-state index contributed by atoms with van der Waals surface area (Å²) in [6.45, 7) is 4.45. The van der Waals surface area contributed by atoms with E-state index in [4.69, 9.17) is 9.84 Å². The molecule has 0 unspecified atom stereocenters. The fourth-order valence-corrected chi connectivity index (χ4v) is 3.59. The molecule has 0 aliphatic heterocycles. The van der Waals surface area contributed by atoms with Crippen molar-refractivity contribution < 1.29 is 14.6 Å². The molecule has 4 heteroatoms. The van der Waals surface area contributed by atoms with E-state index in [9.17, 15) is 4.79 Å². The summed E-state index contributed by atoms with van der Waals surface area (Å²) in [5.74, 6) is -0.542. The maximum Gasteiger partial charge on any atom is 0.331 e. The molecule has 104 valence electrons. The number of hydrogen-bond acceptors (Lipinski definition) is 3. The first-order valence-electron chi connectivity index (χ1n) is 6.54. The highest BCUT2D eigenvalue weighted by Gasteiger charge is 2.16. The molecule has 0 fully saturated rings. The third-order valence-corrected chi connectivity index (χ3v) is 5.60. The van der Waals surface area contributed by atoms with Gasteiger partial charge in [-0.25, -0.2) is 4.79 Å². The van der Waals surface area contributed by atoms with E-state index in [-0.39, 0.29) is 0 Å². The van der Waals surface area contributed by atoms with Gasteiger partial charge in [-0.1, -0.05) is 61.2 Å². The smallest absolute Gasteiger partial charge is 0.331 e. The van der Waals surface area contributed by atoms with Crippen LogP contribution in [0.2, 0.25) is 19.1 Å². The number of benzene rings is 1. The predicted molar refractivity (Wildman–Crippen MR) is 80.4 cm³/mol. The highest BCUT2D eigenvalue weighted by Crippen LogP contribution is 2.15. The quantitative estimate of drug-likeness (QED) is 0.474. The number of carbonyl (C=O) groups is 1. The molecule has 0 saturated heterocycles. The fraction of sp³-hybridized carbons (Fsp3) is 0.400. The molecule has 19 heavy (non-hydrogen) atoms. The highest BCUT2D eigenvalue weighted by atomic mass is 28.3. The third-order valence-electron chi connectivity index (χ3n) is 2.88. The number of rotatable bonds is 7. The van der Waals surface area contributed by atoms with Crippen molar-refractivity contribution in [1.29, 1.82) is 0 Å². The van der Waals surface area contributed by atoms with Crippen molar-refractivity contribution in [2.75, 3.05) is 13.2 Å². The zero-order chi connectivity index (χ0) is 14.1. The van der Waals surface area contributed by atoms with Crippen molar-refractivity contribution in [1.82, 2.24) is 0 Å². The van der Waals surface area contributed by atoms with E-state index >= 15 is 0 Å². The SMILES string of the molecule is C[Si](C)(C=Cc1ccccc1)CCCOC(=O)CO. The standard InChI is InChI=1S/C15H22O3Si/c1-19(2,11-6-10-18-15(17)13-16)12-9-14-7-4-3-5-8-14/h3-5,7-9,12,16H,6,10-11,13H2,1-2H3. The second-order valence-electron chi connectivity index (χ2n) is 5.21. The van der Waals surface area contributed by atoms with E-state index in [0.29, 0.717) is 6.61 Å². The van der Waals surface area contributed by atoms with E-state index in [0.717, 1.165) is 12.5 Å². The van der Waals surface area contributed by atoms with Crippen LogP contribution in [0.1, 0.15) is 12.0 Å². The van der Waals surface area contributed by atoms with Crippen molar-refractivity contribution in [3.8, 4) is 0 Å². The van der Waals surface area contributed by atoms with Crippen molar-refractivity contribution in [3.63, 3.8) is 0 Å². The Kier molecular flexibility index (Phi) is 6.52. The van der Waals surface area contributed by atoms with E-state index in [1.165, 1.54) is 5.56 Å². The minimum Gasteiger partial charge on any atom is -0.464 e. The fourth-order valence-electron chi connectivity index (χ4n) is 1.73. The first kappa shape index (κ1) is 15.7. The monoisotopic (exact) mass is 278 g/mol. The van der Waals surface area contributed by atoms with E-state index < -0.39 is 20.7 Å². The van der Waals surface area contributed by atoms with Crippen molar-refractivity contribution in [2.24, 2.45) is 0 Å². The number of aliphatic hydroxyl groups excluding tert-OH is 1. The summed E-state index contributed by atoms with van der Waals surface area (Å²) in [7, 11) is -1.40. The molecule has 0 aliphatic carbocycles. The molecular formula is C15H22O3Si. The van der Waals surface area contributed by atoms with Crippen molar-refractivity contribution >= 4 is 20.1 Å². The molecule has 0 amide bonds. The van der Waals surface area contributed by atoms with Crippen LogP contribution >= 0.6 is 0 Å². The number of ether oxygens (including phenoxy) is 1. The van der Waals surface area contributed by atoms with Gasteiger partial charge < -0.3 is 9.84 Å². The Hall–Kier alpha value is -1.39. The van der Waals surface area contributed by atoms with Gasteiger partial charge in [0, 0.05) is 0 Å². The Morgan fingerprint density at radius 2 is 2.00 bits per heavy atom. The minimum atomic E-state index is -1.40. The van der Waals surface area contributed by atoms with Crippen LogP contribution in [0.15, 0.2) is 36.0 Å². The number of aliphatic hydroxyl groups is 1. The summed E-state index contributed by atoms with van der Waals surface area (Å²) >= 11 is 0. The predicted octanol–water partition coefficient (Wildman–Crippen LogP) is 2.87. The van der Waals surface area contributed by atoms with Gasteiger partial charge in [-0.3, -0.25) is 0 Å². The molecule has 1 rings (SSSR count). The molecular weight excluding hydrogens is 256 g/mol. The van der Waals surface area contributed by atoms with E-state index in [1.807, 2.05) is 18.2 Å². The van der Waals surface area contributed by atoms with Crippen LogP contribution in [-0.4, -0.2) is 32.4 Å². The lowest BCUT2D eigenvalue weighted by Crippen LogP contribution is -2.23. The Balaban J connectivity index is 2.35. The van der Waals surface area contributed by atoms with Gasteiger partial charge in [0.05, 0.1) is 14.7 Å². The summed E-state index contributed by atoms with van der Waals surface area (Å²) in [4.78, 5) is 10.8. The molecule has 1 aromatic rings. The second kappa shape index (κ2) is 7.91. The van der Waals surface area contributed by atoms with Gasteiger partial charge in [-0.15, -0.1) is 0 Å². The van der Waals surface area contributed by atoms with Gasteiger partial charge in [0.25, 0.3) is 0 Å². The average Bonchev–Trinajstić information content (AvgIpc) is 2.42. The van der Waals surface area contributed by atoms with Gasteiger partial charge in [-0.05, 0) is 12.0 Å². The lowest BCUT2D eigenvalue weighted by molar-refractivity contribution is -0.146. The first-order valence-corrected chi connectivity index (χ1v) is 9.83. The normalized spacial score (nSPS) is 11.7. The maximum absolute atomic E-state index is 10.8. The molecule has 0 aromatic heterocycles. The summed E-state index contributed by atoms with van der Waals surface area (Å²) in [5, 5.41) is 8.53. The Labute approximate surface area is 115 Å². The molecule has 3 nitrogen and oxygen atoms in total. The molecule has 0 bridgehead atoms. The molecule has 0 heterocycles. The molecule has 1 aromatic carbocycles.